The maximum Gasteiger partial charge on any atom is 0.224 e. The Kier molecular flexibility index (Phi) is 6.43. The van der Waals surface area contributed by atoms with E-state index in [0.29, 0.717) is 54.8 Å². The predicted octanol–water partition coefficient (Wildman–Crippen LogP) is 4.81. The highest BCUT2D eigenvalue weighted by atomic mass is 35.5. The summed E-state index contributed by atoms with van der Waals surface area (Å²) >= 11 is 6.29. The van der Waals surface area contributed by atoms with Gasteiger partial charge in [-0.3, -0.25) is 9.36 Å². The van der Waals surface area contributed by atoms with Crippen molar-refractivity contribution in [2.75, 3.05) is 10.6 Å². The first-order valence-corrected chi connectivity index (χ1v) is 12.3. The van der Waals surface area contributed by atoms with Crippen molar-refractivity contribution < 1.29 is 9.18 Å². The van der Waals surface area contributed by atoms with Crippen molar-refractivity contribution in [3.05, 3.63) is 34.7 Å². The van der Waals surface area contributed by atoms with Crippen LogP contribution in [0.2, 0.25) is 5.02 Å². The Morgan fingerprint density at radius 1 is 1.17 bits per heavy atom. The molecule has 2 aliphatic rings. The molecule has 2 heterocycles. The number of nitriles is 1. The second kappa shape index (κ2) is 9.66. The van der Waals surface area contributed by atoms with E-state index in [1.165, 1.54) is 18.9 Å². The van der Waals surface area contributed by atoms with Gasteiger partial charge in [0.25, 0.3) is 0 Å². The SMILES string of the molecule is N#Cc1cc(F)c(Nc2nc3cnc(NC4CCCC4)nc3n2[C@H]2CC[C@H](C(N)=O)CC2)c(Cl)c1. The van der Waals surface area contributed by atoms with Crippen LogP contribution in [0.1, 0.15) is 63.0 Å². The topological polar surface area (TPSA) is 135 Å². The summed E-state index contributed by atoms with van der Waals surface area (Å²) in [5.74, 6) is -0.184. The first-order valence-electron chi connectivity index (χ1n) is 11.9. The van der Waals surface area contributed by atoms with E-state index in [1.54, 1.807) is 6.20 Å². The molecule has 35 heavy (non-hydrogen) atoms. The number of imidazole rings is 1. The number of fused-ring (bicyclic) bond motifs is 1. The summed E-state index contributed by atoms with van der Waals surface area (Å²) in [6.45, 7) is 0. The molecule has 0 aliphatic heterocycles. The van der Waals surface area contributed by atoms with Gasteiger partial charge in [-0.1, -0.05) is 24.4 Å². The largest absolute Gasteiger partial charge is 0.369 e. The van der Waals surface area contributed by atoms with E-state index in [0.717, 1.165) is 18.9 Å². The molecule has 182 valence electrons. The van der Waals surface area contributed by atoms with Crippen molar-refractivity contribution in [1.82, 2.24) is 19.5 Å². The number of primary amides is 1. The zero-order valence-corrected chi connectivity index (χ0v) is 19.9. The molecule has 1 aromatic carbocycles. The number of rotatable bonds is 6. The lowest BCUT2D eigenvalue weighted by Crippen LogP contribution is -2.29. The number of benzene rings is 1. The number of nitrogens with one attached hydrogen (secondary N) is 2. The minimum atomic E-state index is -0.653. The Morgan fingerprint density at radius 2 is 1.91 bits per heavy atom. The van der Waals surface area contributed by atoms with Crippen LogP contribution in [0.15, 0.2) is 18.3 Å². The van der Waals surface area contributed by atoms with Gasteiger partial charge in [-0.25, -0.2) is 14.4 Å². The van der Waals surface area contributed by atoms with E-state index in [4.69, 9.17) is 27.6 Å². The molecular weight excluding hydrogens is 471 g/mol. The first kappa shape index (κ1) is 23.3. The summed E-state index contributed by atoms with van der Waals surface area (Å²) in [6.07, 6.45) is 8.92. The fourth-order valence-electron chi connectivity index (χ4n) is 5.13. The highest BCUT2D eigenvalue weighted by molar-refractivity contribution is 6.33. The lowest BCUT2D eigenvalue weighted by atomic mass is 9.85. The van der Waals surface area contributed by atoms with Gasteiger partial charge in [0.1, 0.15) is 11.3 Å². The number of halogens is 2. The Balaban J connectivity index is 1.54. The highest BCUT2D eigenvalue weighted by Gasteiger charge is 2.30. The molecule has 0 atom stereocenters. The van der Waals surface area contributed by atoms with Gasteiger partial charge in [-0.15, -0.1) is 0 Å². The summed E-state index contributed by atoms with van der Waals surface area (Å²) in [5.41, 5.74) is 6.87. The van der Waals surface area contributed by atoms with Crippen molar-refractivity contribution in [3.8, 4) is 6.07 Å². The summed E-state index contributed by atoms with van der Waals surface area (Å²) in [4.78, 5) is 25.6. The quantitative estimate of drug-likeness (QED) is 0.445. The van der Waals surface area contributed by atoms with Crippen molar-refractivity contribution in [2.45, 2.75) is 63.5 Å². The van der Waals surface area contributed by atoms with Crippen LogP contribution >= 0.6 is 11.6 Å². The summed E-state index contributed by atoms with van der Waals surface area (Å²) in [5, 5.41) is 15.6. The first-order chi connectivity index (χ1) is 16.9. The van der Waals surface area contributed by atoms with Crippen LogP contribution in [0, 0.1) is 23.1 Å². The lowest BCUT2D eigenvalue weighted by Gasteiger charge is -2.29. The maximum absolute atomic E-state index is 14.8. The second-order valence-corrected chi connectivity index (χ2v) is 9.70. The van der Waals surface area contributed by atoms with Gasteiger partial charge in [0.15, 0.2) is 5.65 Å². The Morgan fingerprint density at radius 3 is 2.57 bits per heavy atom. The average molecular weight is 497 g/mol. The number of aromatic nitrogens is 4. The number of nitrogens with two attached hydrogens (primary N) is 1. The molecule has 11 heteroatoms. The van der Waals surface area contributed by atoms with Crippen molar-refractivity contribution in [3.63, 3.8) is 0 Å². The van der Waals surface area contributed by atoms with Gasteiger partial charge < -0.3 is 16.4 Å². The molecule has 2 aliphatic carbocycles. The molecule has 2 saturated carbocycles. The van der Waals surface area contributed by atoms with Crippen molar-refractivity contribution >= 4 is 46.3 Å². The van der Waals surface area contributed by atoms with Crippen LogP contribution in [-0.2, 0) is 4.79 Å². The number of carbonyl (C=O) groups is 1. The zero-order valence-electron chi connectivity index (χ0n) is 19.1. The molecule has 0 spiro atoms. The van der Waals surface area contributed by atoms with Crippen LogP contribution in [0.3, 0.4) is 0 Å². The Hall–Kier alpha value is -3.45. The third kappa shape index (κ3) is 4.73. The van der Waals surface area contributed by atoms with Crippen LogP contribution in [0.25, 0.3) is 11.2 Å². The molecule has 1 amide bonds. The molecule has 4 N–H and O–H groups in total. The number of hydrogen-bond donors (Lipinski definition) is 3. The number of anilines is 3. The number of carbonyl (C=O) groups excluding carboxylic acids is 1. The molecule has 2 aromatic heterocycles. The van der Waals surface area contributed by atoms with Gasteiger partial charge in [0.2, 0.25) is 17.8 Å². The van der Waals surface area contributed by atoms with Crippen LogP contribution < -0.4 is 16.4 Å². The van der Waals surface area contributed by atoms with Gasteiger partial charge in [0, 0.05) is 18.0 Å². The zero-order chi connectivity index (χ0) is 24.5. The molecule has 2 fully saturated rings. The fourth-order valence-corrected chi connectivity index (χ4v) is 5.39. The molecule has 5 rings (SSSR count). The van der Waals surface area contributed by atoms with Crippen LogP contribution in [0.5, 0.6) is 0 Å². The van der Waals surface area contributed by atoms with E-state index in [2.05, 4.69) is 20.6 Å². The minimum Gasteiger partial charge on any atom is -0.369 e. The Bertz CT molecular complexity index is 1280. The van der Waals surface area contributed by atoms with Gasteiger partial charge in [-0.2, -0.15) is 10.2 Å². The van der Waals surface area contributed by atoms with E-state index in [-0.39, 0.29) is 34.1 Å². The fraction of sp³-hybridized carbons (Fsp3) is 0.458. The van der Waals surface area contributed by atoms with Gasteiger partial charge in [-0.05, 0) is 50.7 Å². The van der Waals surface area contributed by atoms with E-state index in [9.17, 15) is 9.18 Å². The average Bonchev–Trinajstić information content (AvgIpc) is 3.48. The second-order valence-electron chi connectivity index (χ2n) is 9.29. The standard InChI is InChI=1S/C24H26ClFN8O/c25-17-9-13(11-27)10-18(26)20(17)32-24-31-19-12-29-23(30-15-3-1-2-4-15)33-22(19)34(24)16-7-5-14(6-8-16)21(28)35/h9-10,12,14-16H,1-8H2,(H2,28,35)(H,31,32)(H,29,30,33)/t14-,16-. The summed E-state index contributed by atoms with van der Waals surface area (Å²) in [6, 6.07) is 4.75. The van der Waals surface area contributed by atoms with Gasteiger partial charge in [0.05, 0.1) is 28.5 Å². The molecule has 0 saturated heterocycles. The third-order valence-corrected chi connectivity index (χ3v) is 7.29. The molecule has 9 nitrogen and oxygen atoms in total. The smallest absolute Gasteiger partial charge is 0.224 e. The molecule has 3 aromatic rings. The third-order valence-electron chi connectivity index (χ3n) is 6.99. The molecule has 0 radical (unpaired) electrons. The number of amides is 1. The van der Waals surface area contributed by atoms with Crippen LogP contribution in [-0.4, -0.2) is 31.5 Å². The number of nitrogens with zero attached hydrogens (tertiary/aromatic N) is 5. The molecule has 0 bridgehead atoms. The van der Waals surface area contributed by atoms with E-state index in [1.807, 2.05) is 10.6 Å². The molecular formula is C24H26ClFN8O. The van der Waals surface area contributed by atoms with Crippen LogP contribution in [0.4, 0.5) is 22.0 Å². The minimum absolute atomic E-state index is 0.0208. The summed E-state index contributed by atoms with van der Waals surface area (Å²) in [7, 11) is 0. The molecule has 0 unspecified atom stereocenters. The van der Waals surface area contributed by atoms with Crippen molar-refractivity contribution in [1.29, 1.82) is 5.26 Å². The highest BCUT2D eigenvalue weighted by Crippen LogP contribution is 2.38. The van der Waals surface area contributed by atoms with E-state index >= 15 is 0 Å². The monoisotopic (exact) mass is 496 g/mol. The predicted molar refractivity (Wildman–Crippen MR) is 131 cm³/mol. The number of hydrogen-bond acceptors (Lipinski definition) is 7. The van der Waals surface area contributed by atoms with E-state index < -0.39 is 5.82 Å². The van der Waals surface area contributed by atoms with Crippen molar-refractivity contribution in [2.24, 2.45) is 11.7 Å². The summed E-state index contributed by atoms with van der Waals surface area (Å²) < 4.78 is 16.8. The Labute approximate surface area is 206 Å². The maximum atomic E-state index is 14.8. The van der Waals surface area contributed by atoms with Gasteiger partial charge >= 0.3 is 0 Å². The normalized spacial score (nSPS) is 20.6. The lowest BCUT2D eigenvalue weighted by molar-refractivity contribution is -0.122.